The summed E-state index contributed by atoms with van der Waals surface area (Å²) in [6.45, 7) is 7.31. The maximum atomic E-state index is 12.1. The van der Waals surface area contributed by atoms with E-state index in [9.17, 15) is 13.2 Å². The van der Waals surface area contributed by atoms with Crippen LogP contribution in [-0.2, 0) is 10.0 Å². The van der Waals surface area contributed by atoms with E-state index >= 15 is 0 Å². The Morgan fingerprint density at radius 2 is 1.82 bits per heavy atom. The average molecular weight is 327 g/mol. The van der Waals surface area contributed by atoms with Crippen LogP contribution in [0.15, 0.2) is 29.2 Å². The maximum Gasteiger partial charge on any atom is 0.251 e. The maximum absolute atomic E-state index is 12.1. The summed E-state index contributed by atoms with van der Waals surface area (Å²) in [6, 6.07) is 6.08. The summed E-state index contributed by atoms with van der Waals surface area (Å²) in [5.41, 5.74) is 0.350. The lowest BCUT2D eigenvalue weighted by Gasteiger charge is -2.18. The summed E-state index contributed by atoms with van der Waals surface area (Å²) in [6.07, 6.45) is 0. The molecule has 0 aliphatic rings. The highest BCUT2D eigenvalue weighted by Crippen LogP contribution is 2.14. The van der Waals surface area contributed by atoms with Gasteiger partial charge < -0.3 is 10.2 Å². The molecule has 124 valence electrons. The van der Waals surface area contributed by atoms with Crippen molar-refractivity contribution < 1.29 is 13.2 Å². The Bertz CT molecular complexity index is 596. The van der Waals surface area contributed by atoms with E-state index in [4.69, 9.17) is 0 Å². The number of carbonyl (C=O) groups is 1. The molecule has 0 spiro atoms. The molecule has 6 nitrogen and oxygen atoms in total. The molecule has 0 bridgehead atoms. The van der Waals surface area contributed by atoms with Crippen LogP contribution in [0.1, 0.15) is 24.2 Å². The summed E-state index contributed by atoms with van der Waals surface area (Å²) in [4.78, 5) is 14.4. The Morgan fingerprint density at radius 3 is 2.36 bits per heavy atom. The number of carbonyl (C=O) groups excluding carboxylic acids is 1. The van der Waals surface area contributed by atoms with Crippen molar-refractivity contribution in [3.05, 3.63) is 29.8 Å². The van der Waals surface area contributed by atoms with Crippen LogP contribution < -0.4 is 5.32 Å². The summed E-state index contributed by atoms with van der Waals surface area (Å²) in [5.74, 6) is -0.261. The molecule has 7 heteroatoms. The smallest absolute Gasteiger partial charge is 0.251 e. The zero-order valence-corrected chi connectivity index (χ0v) is 14.5. The third-order valence-corrected chi connectivity index (χ3v) is 5.29. The van der Waals surface area contributed by atoms with Gasteiger partial charge in [0.1, 0.15) is 0 Å². The lowest BCUT2D eigenvalue weighted by atomic mass is 10.2. The lowest BCUT2D eigenvalue weighted by Crippen LogP contribution is -2.34. The second kappa shape index (κ2) is 8.26. The Morgan fingerprint density at radius 1 is 1.18 bits per heavy atom. The number of rotatable bonds is 8. The first kappa shape index (κ1) is 18.6. The third kappa shape index (κ3) is 4.79. The molecule has 0 aliphatic carbocycles. The van der Waals surface area contributed by atoms with E-state index in [1.165, 1.54) is 26.2 Å². The minimum Gasteiger partial charge on any atom is -0.351 e. The minimum atomic E-state index is -3.53. The number of sulfonamides is 1. The standard InChI is InChI=1S/C15H25N3O3S/c1-5-18(6-2)11-10-16-15(19)13-8-7-9-14(12-13)22(20,21)17(3)4/h7-9,12H,5-6,10-11H2,1-4H3,(H,16,19). The van der Waals surface area contributed by atoms with Crippen LogP contribution in [-0.4, -0.2) is 63.8 Å². The number of hydrogen-bond acceptors (Lipinski definition) is 4. The van der Waals surface area contributed by atoms with Crippen molar-refractivity contribution in [2.75, 3.05) is 40.3 Å². The Hall–Kier alpha value is -1.44. The zero-order chi connectivity index (χ0) is 16.8. The highest BCUT2D eigenvalue weighted by molar-refractivity contribution is 7.89. The van der Waals surface area contributed by atoms with Crippen molar-refractivity contribution in [1.82, 2.24) is 14.5 Å². The van der Waals surface area contributed by atoms with E-state index in [2.05, 4.69) is 24.1 Å². The van der Waals surface area contributed by atoms with E-state index in [0.29, 0.717) is 12.1 Å². The summed E-state index contributed by atoms with van der Waals surface area (Å²) in [7, 11) is -0.601. The topological polar surface area (TPSA) is 69.7 Å². The molecule has 1 aromatic rings. The van der Waals surface area contributed by atoms with Gasteiger partial charge in [-0.1, -0.05) is 19.9 Å². The first-order valence-electron chi connectivity index (χ1n) is 7.36. The van der Waals surface area contributed by atoms with E-state index in [1.54, 1.807) is 12.1 Å². The fourth-order valence-corrected chi connectivity index (χ4v) is 2.93. The van der Waals surface area contributed by atoms with Crippen LogP contribution in [0.25, 0.3) is 0 Å². The second-order valence-electron chi connectivity index (χ2n) is 5.10. The van der Waals surface area contributed by atoms with E-state index in [1.807, 2.05) is 0 Å². The molecule has 1 rings (SSSR count). The number of likely N-dealkylation sites (N-methyl/N-ethyl adjacent to an activating group) is 1. The lowest BCUT2D eigenvalue weighted by molar-refractivity contribution is 0.0948. The van der Waals surface area contributed by atoms with Crippen molar-refractivity contribution in [2.24, 2.45) is 0 Å². The van der Waals surface area contributed by atoms with Crippen LogP contribution >= 0.6 is 0 Å². The van der Waals surface area contributed by atoms with Gasteiger partial charge in [-0.05, 0) is 31.3 Å². The Labute approximate surface area is 133 Å². The first-order chi connectivity index (χ1) is 10.3. The number of hydrogen-bond donors (Lipinski definition) is 1. The van der Waals surface area contributed by atoms with Gasteiger partial charge in [-0.15, -0.1) is 0 Å². The molecule has 0 heterocycles. The zero-order valence-electron chi connectivity index (χ0n) is 13.7. The summed E-state index contributed by atoms with van der Waals surface area (Å²) >= 11 is 0. The molecule has 0 aliphatic heterocycles. The van der Waals surface area contributed by atoms with Crippen molar-refractivity contribution in [3.63, 3.8) is 0 Å². The fraction of sp³-hybridized carbons (Fsp3) is 0.533. The molecule has 1 aromatic carbocycles. The molecule has 0 saturated carbocycles. The van der Waals surface area contributed by atoms with E-state index in [0.717, 1.165) is 23.9 Å². The Kier molecular flexibility index (Phi) is 6.99. The predicted molar refractivity (Wildman–Crippen MR) is 87.4 cm³/mol. The third-order valence-electron chi connectivity index (χ3n) is 3.48. The van der Waals surface area contributed by atoms with Crippen LogP contribution in [0.3, 0.4) is 0 Å². The molecule has 1 N–H and O–H groups in total. The number of benzene rings is 1. The largest absolute Gasteiger partial charge is 0.351 e. The number of nitrogens with zero attached hydrogens (tertiary/aromatic N) is 2. The van der Waals surface area contributed by atoms with Crippen LogP contribution in [0.5, 0.6) is 0 Å². The summed E-state index contributed by atoms with van der Waals surface area (Å²) < 4.78 is 25.3. The molecule has 0 atom stereocenters. The second-order valence-corrected chi connectivity index (χ2v) is 7.25. The highest BCUT2D eigenvalue weighted by Gasteiger charge is 2.18. The summed E-state index contributed by atoms with van der Waals surface area (Å²) in [5, 5.41) is 2.82. The quantitative estimate of drug-likeness (QED) is 0.774. The van der Waals surface area contributed by atoms with Crippen LogP contribution in [0, 0.1) is 0 Å². The Balaban J connectivity index is 2.75. The van der Waals surface area contributed by atoms with Crippen LogP contribution in [0.4, 0.5) is 0 Å². The van der Waals surface area contributed by atoms with Crippen molar-refractivity contribution in [2.45, 2.75) is 18.7 Å². The predicted octanol–water partition coefficient (Wildman–Crippen LogP) is 1.01. The minimum absolute atomic E-state index is 0.119. The van der Waals surface area contributed by atoms with Gasteiger partial charge in [0.2, 0.25) is 10.0 Å². The van der Waals surface area contributed by atoms with Gasteiger partial charge in [-0.25, -0.2) is 12.7 Å². The normalized spacial score (nSPS) is 11.9. The highest BCUT2D eigenvalue weighted by atomic mass is 32.2. The van der Waals surface area contributed by atoms with Gasteiger partial charge in [0, 0.05) is 32.7 Å². The molecule has 22 heavy (non-hydrogen) atoms. The van der Waals surface area contributed by atoms with Gasteiger partial charge in [-0.3, -0.25) is 4.79 Å². The molecule has 0 saturated heterocycles. The first-order valence-corrected chi connectivity index (χ1v) is 8.80. The van der Waals surface area contributed by atoms with Gasteiger partial charge in [0.15, 0.2) is 0 Å². The molecule has 0 aromatic heterocycles. The van der Waals surface area contributed by atoms with E-state index in [-0.39, 0.29) is 10.8 Å². The van der Waals surface area contributed by atoms with Gasteiger partial charge >= 0.3 is 0 Å². The monoisotopic (exact) mass is 327 g/mol. The molecule has 1 amide bonds. The van der Waals surface area contributed by atoms with Crippen molar-refractivity contribution in [3.8, 4) is 0 Å². The fourth-order valence-electron chi connectivity index (χ4n) is 1.98. The molecule has 0 radical (unpaired) electrons. The molecular weight excluding hydrogens is 302 g/mol. The van der Waals surface area contributed by atoms with Gasteiger partial charge in [-0.2, -0.15) is 0 Å². The van der Waals surface area contributed by atoms with Gasteiger partial charge in [0.05, 0.1) is 4.90 Å². The van der Waals surface area contributed by atoms with E-state index < -0.39 is 10.0 Å². The molecule has 0 unspecified atom stereocenters. The SMILES string of the molecule is CCN(CC)CCNC(=O)c1cccc(S(=O)(=O)N(C)C)c1. The van der Waals surface area contributed by atoms with Crippen molar-refractivity contribution >= 4 is 15.9 Å². The van der Waals surface area contributed by atoms with Crippen LogP contribution in [0.2, 0.25) is 0 Å². The molecule has 0 fully saturated rings. The number of nitrogens with one attached hydrogen (secondary N) is 1. The van der Waals surface area contributed by atoms with Gasteiger partial charge in [0.25, 0.3) is 5.91 Å². The van der Waals surface area contributed by atoms with Crippen molar-refractivity contribution in [1.29, 1.82) is 0 Å². The number of amides is 1. The average Bonchev–Trinajstić information content (AvgIpc) is 2.51. The molecular formula is C15H25N3O3S.